The van der Waals surface area contributed by atoms with Crippen LogP contribution in [0.15, 0.2) is 83.8 Å². The van der Waals surface area contributed by atoms with E-state index in [1.165, 1.54) is 23.9 Å². The van der Waals surface area contributed by atoms with Gasteiger partial charge in [0.2, 0.25) is 0 Å². The number of fused-ring (bicyclic) bond motifs is 1. The summed E-state index contributed by atoms with van der Waals surface area (Å²) in [6.45, 7) is 5.30. The molecule has 0 radical (unpaired) electrons. The van der Waals surface area contributed by atoms with Crippen LogP contribution in [0.1, 0.15) is 31.9 Å². The molecule has 1 heterocycles. The van der Waals surface area contributed by atoms with E-state index in [1.807, 2.05) is 42.5 Å². The molecule has 1 atom stereocenters. The summed E-state index contributed by atoms with van der Waals surface area (Å²) in [5, 5.41) is 0. The molecule has 0 unspecified atom stereocenters. The molecule has 0 N–H and O–H groups in total. The van der Waals surface area contributed by atoms with Crippen LogP contribution in [0.5, 0.6) is 0 Å². The van der Waals surface area contributed by atoms with Crippen LogP contribution in [0.4, 0.5) is 14.9 Å². The normalized spacial score (nSPS) is 17.9. The summed E-state index contributed by atoms with van der Waals surface area (Å²) in [6.07, 6.45) is -0.410. The van der Waals surface area contributed by atoms with E-state index in [0.29, 0.717) is 12.1 Å². The number of amides is 2. The summed E-state index contributed by atoms with van der Waals surface area (Å²) in [6, 6.07) is 23.0. The highest BCUT2D eigenvalue weighted by molar-refractivity contribution is 8.01. The first-order valence-corrected chi connectivity index (χ1v) is 11.2. The number of anilines is 1. The summed E-state index contributed by atoms with van der Waals surface area (Å²) in [7, 11) is 0. The van der Waals surface area contributed by atoms with Gasteiger partial charge in [-0.1, -0.05) is 48.5 Å². The lowest BCUT2D eigenvalue weighted by molar-refractivity contribution is -0.120. The molecule has 164 valence electrons. The second-order valence-electron chi connectivity index (χ2n) is 8.68. The van der Waals surface area contributed by atoms with Crippen LogP contribution < -0.4 is 4.90 Å². The van der Waals surface area contributed by atoms with Crippen LogP contribution in [0.25, 0.3) is 0 Å². The number of rotatable bonds is 4. The first-order chi connectivity index (χ1) is 15.2. The van der Waals surface area contributed by atoms with Gasteiger partial charge in [0.25, 0.3) is 5.91 Å². The van der Waals surface area contributed by atoms with Gasteiger partial charge in [0.05, 0.1) is 5.69 Å². The number of imide groups is 1. The van der Waals surface area contributed by atoms with E-state index in [9.17, 15) is 14.0 Å². The average Bonchev–Trinajstić information content (AvgIpc) is 2.97. The topological polar surface area (TPSA) is 46.6 Å². The fraction of sp³-hybridized carbons (Fsp3) is 0.231. The minimum Gasteiger partial charge on any atom is -0.443 e. The molecule has 0 fully saturated rings. The van der Waals surface area contributed by atoms with Crippen LogP contribution in [0.2, 0.25) is 0 Å². The number of hydrogen-bond donors (Lipinski definition) is 0. The number of ether oxygens (including phenoxy) is 1. The zero-order valence-corrected chi connectivity index (χ0v) is 19.0. The van der Waals surface area contributed by atoms with Gasteiger partial charge in [-0.15, -0.1) is 11.8 Å². The molecule has 3 aromatic carbocycles. The molecule has 0 aliphatic carbocycles. The Kier molecular flexibility index (Phi) is 5.82. The van der Waals surface area contributed by atoms with Gasteiger partial charge in [-0.2, -0.15) is 0 Å². The van der Waals surface area contributed by atoms with Gasteiger partial charge >= 0.3 is 6.09 Å². The van der Waals surface area contributed by atoms with Crippen LogP contribution >= 0.6 is 11.8 Å². The molecule has 32 heavy (non-hydrogen) atoms. The maximum Gasteiger partial charge on any atom is 0.421 e. The van der Waals surface area contributed by atoms with Crippen LogP contribution in [0.3, 0.4) is 0 Å². The van der Waals surface area contributed by atoms with E-state index in [4.69, 9.17) is 4.74 Å². The fourth-order valence-corrected chi connectivity index (χ4v) is 5.18. The Bertz CT molecular complexity index is 1140. The van der Waals surface area contributed by atoms with Crippen molar-refractivity contribution >= 4 is 29.4 Å². The monoisotopic (exact) mass is 449 g/mol. The number of nitrogens with zero attached hydrogens (tertiary/aromatic N) is 1. The smallest absolute Gasteiger partial charge is 0.421 e. The van der Waals surface area contributed by atoms with Crippen molar-refractivity contribution in [3.05, 3.63) is 95.8 Å². The Balaban J connectivity index is 1.85. The third-order valence-electron chi connectivity index (χ3n) is 5.11. The Morgan fingerprint density at radius 3 is 2.25 bits per heavy atom. The number of halogens is 1. The summed E-state index contributed by atoms with van der Waals surface area (Å²) >= 11 is 1.39. The molecule has 6 heteroatoms. The first kappa shape index (κ1) is 22.1. The quantitative estimate of drug-likeness (QED) is 0.466. The summed E-state index contributed by atoms with van der Waals surface area (Å²) in [4.78, 5) is 29.1. The van der Waals surface area contributed by atoms with Crippen molar-refractivity contribution in [1.82, 2.24) is 0 Å². The van der Waals surface area contributed by atoms with Gasteiger partial charge in [0.1, 0.15) is 16.2 Å². The minimum absolute atomic E-state index is 0.294. The van der Waals surface area contributed by atoms with Crippen molar-refractivity contribution in [1.29, 1.82) is 0 Å². The number of benzene rings is 3. The predicted molar refractivity (Wildman–Crippen MR) is 124 cm³/mol. The van der Waals surface area contributed by atoms with Gasteiger partial charge in [0.15, 0.2) is 0 Å². The second kappa shape index (κ2) is 8.43. The Morgan fingerprint density at radius 1 is 0.969 bits per heavy atom. The maximum atomic E-state index is 14.0. The molecule has 0 aromatic heterocycles. The molecule has 4 nitrogen and oxygen atoms in total. The van der Waals surface area contributed by atoms with Crippen LogP contribution in [-0.4, -0.2) is 17.6 Å². The SMILES string of the molecule is CC(C)(C)OC(=O)N1C(=O)[C@](Cc2ccc(F)cc2)(Sc2ccccc2)c2ccccc21. The molecule has 0 saturated carbocycles. The lowest BCUT2D eigenvalue weighted by Crippen LogP contribution is -2.45. The molecule has 1 aliphatic rings. The van der Waals surface area contributed by atoms with E-state index in [2.05, 4.69) is 0 Å². The number of thioether (sulfide) groups is 1. The molecule has 0 spiro atoms. The van der Waals surface area contributed by atoms with E-state index < -0.39 is 16.4 Å². The third-order valence-corrected chi connectivity index (χ3v) is 6.50. The lowest BCUT2D eigenvalue weighted by atomic mass is 9.92. The molecule has 3 aromatic rings. The fourth-order valence-electron chi connectivity index (χ4n) is 3.79. The summed E-state index contributed by atoms with van der Waals surface area (Å²) in [5.41, 5.74) is 1.29. The third kappa shape index (κ3) is 4.28. The number of para-hydroxylation sites is 1. The molecule has 1 aliphatic heterocycles. The van der Waals surface area contributed by atoms with Crippen molar-refractivity contribution in [3.63, 3.8) is 0 Å². The van der Waals surface area contributed by atoms with Crippen molar-refractivity contribution < 1.29 is 18.7 Å². The van der Waals surface area contributed by atoms with Gasteiger partial charge in [-0.05, 0) is 56.7 Å². The highest BCUT2D eigenvalue weighted by Gasteiger charge is 2.54. The van der Waals surface area contributed by atoms with Gasteiger partial charge in [0, 0.05) is 16.9 Å². The van der Waals surface area contributed by atoms with Crippen molar-refractivity contribution in [2.45, 2.75) is 42.4 Å². The number of carbonyl (C=O) groups excluding carboxylic acids is 2. The molecular weight excluding hydrogens is 425 g/mol. The molecular formula is C26H24FNO3S. The van der Waals surface area contributed by atoms with E-state index in [-0.39, 0.29) is 11.7 Å². The van der Waals surface area contributed by atoms with E-state index in [0.717, 1.165) is 20.9 Å². The average molecular weight is 450 g/mol. The molecule has 0 bridgehead atoms. The molecule has 4 rings (SSSR count). The van der Waals surface area contributed by atoms with Crippen molar-refractivity contribution in [2.24, 2.45) is 0 Å². The highest BCUT2D eigenvalue weighted by atomic mass is 32.2. The standard InChI is InChI=1S/C26H24FNO3S/c1-25(2,3)31-24(30)28-22-12-8-7-11-21(22)26(23(28)29,32-20-9-5-4-6-10-20)17-18-13-15-19(27)16-14-18/h4-16H,17H2,1-3H3/t26-/m1/s1. The Hall–Kier alpha value is -3.12. The summed E-state index contributed by atoms with van der Waals surface area (Å²) in [5.74, 6) is -0.710. The Labute approximate surface area is 191 Å². The van der Waals surface area contributed by atoms with Crippen molar-refractivity contribution in [2.75, 3.05) is 4.90 Å². The highest BCUT2D eigenvalue weighted by Crippen LogP contribution is 2.53. The maximum absolute atomic E-state index is 14.0. The minimum atomic E-state index is -1.10. The summed E-state index contributed by atoms with van der Waals surface area (Å²) < 4.78 is 18.0. The van der Waals surface area contributed by atoms with E-state index in [1.54, 1.807) is 45.0 Å². The Morgan fingerprint density at radius 2 is 1.59 bits per heavy atom. The first-order valence-electron chi connectivity index (χ1n) is 10.4. The largest absolute Gasteiger partial charge is 0.443 e. The van der Waals surface area contributed by atoms with Gasteiger partial charge < -0.3 is 4.74 Å². The van der Waals surface area contributed by atoms with Gasteiger partial charge in [-0.25, -0.2) is 14.1 Å². The lowest BCUT2D eigenvalue weighted by Gasteiger charge is -2.29. The van der Waals surface area contributed by atoms with Crippen LogP contribution in [-0.2, 0) is 20.7 Å². The predicted octanol–water partition coefficient (Wildman–Crippen LogP) is 6.34. The number of carbonyl (C=O) groups is 2. The molecule has 0 saturated heterocycles. The molecule has 2 amide bonds. The van der Waals surface area contributed by atoms with Gasteiger partial charge in [-0.3, -0.25) is 4.79 Å². The van der Waals surface area contributed by atoms with E-state index >= 15 is 0 Å². The zero-order valence-electron chi connectivity index (χ0n) is 18.2. The zero-order chi connectivity index (χ0) is 22.9. The second-order valence-corrected chi connectivity index (χ2v) is 10.1. The number of hydrogen-bond acceptors (Lipinski definition) is 4. The van der Waals surface area contributed by atoms with Crippen molar-refractivity contribution in [3.8, 4) is 0 Å². The van der Waals surface area contributed by atoms with Crippen LogP contribution in [0, 0.1) is 5.82 Å².